The number of amides is 1. The molecule has 164 valence electrons. The molecule has 1 N–H and O–H groups in total. The van der Waals surface area contributed by atoms with E-state index in [2.05, 4.69) is 10.3 Å². The van der Waals surface area contributed by atoms with Gasteiger partial charge in [0.1, 0.15) is 29.2 Å². The Hall–Kier alpha value is -4.33. The minimum absolute atomic E-state index is 0.126. The van der Waals surface area contributed by atoms with Crippen molar-refractivity contribution in [3.63, 3.8) is 0 Å². The Morgan fingerprint density at radius 1 is 0.909 bits per heavy atom. The fourth-order valence-electron chi connectivity index (χ4n) is 3.89. The van der Waals surface area contributed by atoms with Crippen molar-refractivity contribution >= 4 is 33.5 Å². The molecule has 0 radical (unpaired) electrons. The second-order valence-electron chi connectivity index (χ2n) is 7.66. The molecule has 2 aromatic heterocycles. The number of anilines is 1. The Balaban J connectivity index is 1.56. The highest BCUT2D eigenvalue weighted by Crippen LogP contribution is 2.25. The summed E-state index contributed by atoms with van der Waals surface area (Å²) in [7, 11) is 0. The van der Waals surface area contributed by atoms with E-state index in [0.29, 0.717) is 22.2 Å². The van der Waals surface area contributed by atoms with Crippen LogP contribution >= 0.6 is 0 Å². The van der Waals surface area contributed by atoms with E-state index >= 15 is 0 Å². The predicted octanol–water partition coefficient (Wildman–Crippen LogP) is 4.32. The molecule has 5 rings (SSSR count). The third kappa shape index (κ3) is 3.98. The minimum Gasteiger partial charge on any atom is -0.325 e. The lowest BCUT2D eigenvalue weighted by Gasteiger charge is -2.10. The maximum atomic E-state index is 13.4. The fraction of sp³-hybridized carbons (Fsp3) is 0.0800. The van der Waals surface area contributed by atoms with Crippen LogP contribution in [0.1, 0.15) is 5.56 Å². The van der Waals surface area contributed by atoms with Gasteiger partial charge in [0.05, 0.1) is 18.4 Å². The summed E-state index contributed by atoms with van der Waals surface area (Å²) in [5.74, 6) is -1.12. The Labute approximate surface area is 186 Å². The predicted molar refractivity (Wildman–Crippen MR) is 122 cm³/mol. The molecule has 33 heavy (non-hydrogen) atoms. The van der Waals surface area contributed by atoms with Crippen LogP contribution in [0.2, 0.25) is 0 Å². The summed E-state index contributed by atoms with van der Waals surface area (Å²) in [5.41, 5.74) is 2.39. The van der Waals surface area contributed by atoms with E-state index in [1.807, 2.05) is 24.3 Å². The molecular formula is C25H18F2N4O2. The summed E-state index contributed by atoms with van der Waals surface area (Å²) in [6, 6.07) is 18.7. The first-order valence-electron chi connectivity index (χ1n) is 10.3. The first-order chi connectivity index (χ1) is 16.0. The van der Waals surface area contributed by atoms with E-state index in [1.165, 1.54) is 47.3 Å². The number of carbonyl (C=O) groups excluding carboxylic acids is 1. The largest absolute Gasteiger partial charge is 0.325 e. The summed E-state index contributed by atoms with van der Waals surface area (Å²) >= 11 is 0. The second-order valence-corrected chi connectivity index (χ2v) is 7.66. The van der Waals surface area contributed by atoms with Crippen LogP contribution in [0.4, 0.5) is 14.5 Å². The number of hydrogen-bond acceptors (Lipinski definition) is 3. The number of aromatic nitrogens is 3. The van der Waals surface area contributed by atoms with Crippen molar-refractivity contribution in [3.8, 4) is 0 Å². The van der Waals surface area contributed by atoms with E-state index in [1.54, 1.807) is 16.7 Å². The monoisotopic (exact) mass is 444 g/mol. The molecule has 0 fully saturated rings. The Morgan fingerprint density at radius 3 is 2.30 bits per heavy atom. The molecule has 1 amide bonds. The summed E-state index contributed by atoms with van der Waals surface area (Å²) in [5, 5.41) is 3.48. The molecule has 2 heterocycles. The molecule has 8 heteroatoms. The molecule has 0 aliphatic rings. The van der Waals surface area contributed by atoms with E-state index in [-0.39, 0.29) is 30.4 Å². The third-order valence-electron chi connectivity index (χ3n) is 5.43. The van der Waals surface area contributed by atoms with E-state index < -0.39 is 5.82 Å². The van der Waals surface area contributed by atoms with Crippen LogP contribution < -0.4 is 10.9 Å². The maximum absolute atomic E-state index is 13.4. The van der Waals surface area contributed by atoms with Gasteiger partial charge in [0.25, 0.3) is 5.56 Å². The van der Waals surface area contributed by atoms with Crippen LogP contribution in [0.3, 0.4) is 0 Å². The quantitative estimate of drug-likeness (QED) is 0.439. The molecule has 0 aliphatic heterocycles. The first kappa shape index (κ1) is 20.6. The van der Waals surface area contributed by atoms with E-state index in [4.69, 9.17) is 0 Å². The molecule has 0 aliphatic carbocycles. The SMILES string of the molecule is O=C(Cn1c2ccccc2c2ncn(Cc3ccc(F)cc3)c(=O)c21)Nc1ccc(F)cc1. The second kappa shape index (κ2) is 8.31. The number of nitrogens with zero attached hydrogens (tertiary/aromatic N) is 3. The van der Waals surface area contributed by atoms with Gasteiger partial charge in [-0.15, -0.1) is 0 Å². The molecule has 3 aromatic carbocycles. The number of hydrogen-bond donors (Lipinski definition) is 1. The molecule has 6 nitrogen and oxygen atoms in total. The zero-order valence-electron chi connectivity index (χ0n) is 17.3. The van der Waals surface area contributed by atoms with Gasteiger partial charge in [-0.3, -0.25) is 14.2 Å². The molecule has 0 saturated carbocycles. The molecule has 5 aromatic rings. The van der Waals surface area contributed by atoms with Crippen molar-refractivity contribution in [2.45, 2.75) is 13.1 Å². The minimum atomic E-state index is -0.400. The lowest BCUT2D eigenvalue weighted by molar-refractivity contribution is -0.116. The molecule has 0 bridgehead atoms. The Kier molecular flexibility index (Phi) is 5.18. The van der Waals surface area contributed by atoms with Crippen molar-refractivity contribution in [1.82, 2.24) is 14.1 Å². The Morgan fingerprint density at radius 2 is 1.58 bits per heavy atom. The van der Waals surface area contributed by atoms with Gasteiger partial charge < -0.3 is 9.88 Å². The third-order valence-corrected chi connectivity index (χ3v) is 5.43. The number of rotatable bonds is 5. The van der Waals surface area contributed by atoms with Crippen LogP contribution in [0.15, 0.2) is 83.9 Å². The highest BCUT2D eigenvalue weighted by Gasteiger charge is 2.18. The topological polar surface area (TPSA) is 68.9 Å². The van der Waals surface area contributed by atoms with Crippen molar-refractivity contribution < 1.29 is 13.6 Å². The smallest absolute Gasteiger partial charge is 0.278 e. The van der Waals surface area contributed by atoms with Crippen molar-refractivity contribution in [3.05, 3.63) is 107 Å². The van der Waals surface area contributed by atoms with Crippen LogP contribution in [0, 0.1) is 11.6 Å². The van der Waals surface area contributed by atoms with Gasteiger partial charge in [0.15, 0.2) is 0 Å². The number of nitrogens with one attached hydrogen (secondary N) is 1. The highest BCUT2D eigenvalue weighted by molar-refractivity contribution is 6.06. The Bertz CT molecular complexity index is 1540. The lowest BCUT2D eigenvalue weighted by Crippen LogP contribution is -2.25. The zero-order chi connectivity index (χ0) is 22.9. The van der Waals surface area contributed by atoms with Crippen LogP contribution in [-0.4, -0.2) is 20.0 Å². The number of benzene rings is 3. The van der Waals surface area contributed by atoms with Gasteiger partial charge in [-0.1, -0.05) is 30.3 Å². The lowest BCUT2D eigenvalue weighted by atomic mass is 10.2. The maximum Gasteiger partial charge on any atom is 0.278 e. The molecule has 0 saturated heterocycles. The molecule has 0 unspecified atom stereocenters. The van der Waals surface area contributed by atoms with Crippen molar-refractivity contribution in [2.24, 2.45) is 0 Å². The van der Waals surface area contributed by atoms with Crippen LogP contribution in [0.25, 0.3) is 21.9 Å². The van der Waals surface area contributed by atoms with Gasteiger partial charge >= 0.3 is 0 Å². The average Bonchev–Trinajstić information content (AvgIpc) is 3.13. The van der Waals surface area contributed by atoms with Gasteiger partial charge in [-0.05, 0) is 48.0 Å². The van der Waals surface area contributed by atoms with E-state index in [0.717, 1.165) is 10.9 Å². The summed E-state index contributed by atoms with van der Waals surface area (Å²) in [6.45, 7) is 0.0875. The highest BCUT2D eigenvalue weighted by atomic mass is 19.1. The number of fused-ring (bicyclic) bond motifs is 3. The van der Waals surface area contributed by atoms with Gasteiger partial charge in [0, 0.05) is 11.1 Å². The van der Waals surface area contributed by atoms with Gasteiger partial charge in [-0.25, -0.2) is 13.8 Å². The summed E-state index contributed by atoms with van der Waals surface area (Å²) in [6.07, 6.45) is 1.46. The standard InChI is InChI=1S/C25H18F2N4O2/c26-17-7-5-16(6-8-17)13-30-15-28-23-20-3-1-2-4-21(20)31(24(23)25(30)33)14-22(32)29-19-11-9-18(27)10-12-19/h1-12,15H,13-14H2,(H,29,32). The van der Waals surface area contributed by atoms with Crippen molar-refractivity contribution in [1.29, 1.82) is 0 Å². The van der Waals surface area contributed by atoms with E-state index in [9.17, 15) is 18.4 Å². The fourth-order valence-corrected chi connectivity index (χ4v) is 3.89. The van der Waals surface area contributed by atoms with Crippen LogP contribution in [-0.2, 0) is 17.9 Å². The number of para-hydroxylation sites is 1. The van der Waals surface area contributed by atoms with Crippen molar-refractivity contribution in [2.75, 3.05) is 5.32 Å². The normalized spacial score (nSPS) is 11.2. The summed E-state index contributed by atoms with van der Waals surface area (Å²) < 4.78 is 29.5. The first-order valence-corrected chi connectivity index (χ1v) is 10.3. The zero-order valence-corrected chi connectivity index (χ0v) is 17.3. The average molecular weight is 444 g/mol. The molecular weight excluding hydrogens is 426 g/mol. The number of carbonyl (C=O) groups is 1. The molecule has 0 spiro atoms. The van der Waals surface area contributed by atoms with Gasteiger partial charge in [0.2, 0.25) is 5.91 Å². The molecule has 0 atom stereocenters. The van der Waals surface area contributed by atoms with Crippen LogP contribution in [0.5, 0.6) is 0 Å². The summed E-state index contributed by atoms with van der Waals surface area (Å²) in [4.78, 5) is 30.7. The number of halogens is 2. The van der Waals surface area contributed by atoms with Gasteiger partial charge in [-0.2, -0.15) is 0 Å².